The van der Waals surface area contributed by atoms with Gasteiger partial charge in [0.05, 0.1) is 11.7 Å². The Morgan fingerprint density at radius 1 is 1.76 bits per heavy atom. The van der Waals surface area contributed by atoms with Crippen LogP contribution in [0.3, 0.4) is 0 Å². The molecule has 6 heteroatoms. The molecular formula is C11H17N3O2S. The van der Waals surface area contributed by atoms with E-state index in [0.29, 0.717) is 17.7 Å². The molecule has 0 radical (unpaired) electrons. The fourth-order valence-corrected chi connectivity index (χ4v) is 2.36. The smallest absolute Gasteiger partial charge is 0.255 e. The SMILES string of the molecule is Cc1coc(SCCC(NC2CC2)C(N)=O)n1. The highest BCUT2D eigenvalue weighted by atomic mass is 32.2. The molecule has 1 aliphatic carbocycles. The van der Waals surface area contributed by atoms with E-state index in [1.54, 1.807) is 6.26 Å². The Hall–Kier alpha value is -1.01. The van der Waals surface area contributed by atoms with Crippen LogP contribution >= 0.6 is 11.8 Å². The number of aromatic nitrogens is 1. The number of carbonyl (C=O) groups is 1. The highest BCUT2D eigenvalue weighted by molar-refractivity contribution is 7.99. The molecule has 1 fully saturated rings. The van der Waals surface area contributed by atoms with Crippen LogP contribution in [0, 0.1) is 6.92 Å². The van der Waals surface area contributed by atoms with Crippen molar-refractivity contribution in [3.63, 3.8) is 0 Å². The zero-order valence-corrected chi connectivity index (χ0v) is 10.6. The zero-order chi connectivity index (χ0) is 12.3. The number of nitrogens with two attached hydrogens (primary N) is 1. The van der Waals surface area contributed by atoms with Crippen LogP contribution in [0.15, 0.2) is 15.9 Å². The largest absolute Gasteiger partial charge is 0.440 e. The van der Waals surface area contributed by atoms with Gasteiger partial charge in [-0.2, -0.15) is 0 Å². The van der Waals surface area contributed by atoms with Crippen molar-refractivity contribution in [2.24, 2.45) is 5.73 Å². The Morgan fingerprint density at radius 3 is 3.06 bits per heavy atom. The molecular weight excluding hydrogens is 238 g/mol. The van der Waals surface area contributed by atoms with E-state index in [4.69, 9.17) is 10.2 Å². The molecule has 0 aromatic carbocycles. The van der Waals surface area contributed by atoms with Gasteiger partial charge < -0.3 is 15.5 Å². The topological polar surface area (TPSA) is 81.1 Å². The lowest BCUT2D eigenvalue weighted by Gasteiger charge is -2.13. The molecule has 0 saturated heterocycles. The van der Waals surface area contributed by atoms with Crippen LogP contribution in [0.5, 0.6) is 0 Å². The van der Waals surface area contributed by atoms with Crippen molar-refractivity contribution in [3.05, 3.63) is 12.0 Å². The minimum absolute atomic E-state index is 0.231. The van der Waals surface area contributed by atoms with E-state index in [1.807, 2.05) is 6.92 Å². The molecule has 1 unspecified atom stereocenters. The first-order chi connectivity index (χ1) is 8.15. The molecule has 94 valence electrons. The highest BCUT2D eigenvalue weighted by Gasteiger charge is 2.26. The molecule has 3 N–H and O–H groups in total. The van der Waals surface area contributed by atoms with Gasteiger partial charge in [0, 0.05) is 11.8 Å². The number of primary amides is 1. The summed E-state index contributed by atoms with van der Waals surface area (Å²) in [5, 5.41) is 3.89. The average molecular weight is 255 g/mol. The second-order valence-electron chi connectivity index (χ2n) is 4.29. The summed E-state index contributed by atoms with van der Waals surface area (Å²) in [6.07, 6.45) is 4.62. The van der Waals surface area contributed by atoms with Crippen molar-refractivity contribution in [1.82, 2.24) is 10.3 Å². The Labute approximate surface area is 105 Å². The minimum Gasteiger partial charge on any atom is -0.440 e. The maximum Gasteiger partial charge on any atom is 0.255 e. The maximum atomic E-state index is 11.2. The van der Waals surface area contributed by atoms with E-state index in [9.17, 15) is 4.79 Å². The second kappa shape index (κ2) is 5.55. The fraction of sp³-hybridized carbons (Fsp3) is 0.636. The van der Waals surface area contributed by atoms with E-state index in [2.05, 4.69) is 10.3 Å². The number of thioether (sulfide) groups is 1. The zero-order valence-electron chi connectivity index (χ0n) is 9.81. The number of amides is 1. The second-order valence-corrected chi connectivity index (χ2v) is 5.33. The van der Waals surface area contributed by atoms with Crippen molar-refractivity contribution in [1.29, 1.82) is 0 Å². The first-order valence-corrected chi connectivity index (χ1v) is 6.74. The molecule has 1 aromatic heterocycles. The van der Waals surface area contributed by atoms with Crippen molar-refractivity contribution in [2.75, 3.05) is 5.75 Å². The van der Waals surface area contributed by atoms with Gasteiger partial charge in [0.15, 0.2) is 0 Å². The molecule has 1 heterocycles. The lowest BCUT2D eigenvalue weighted by Crippen LogP contribution is -2.42. The monoisotopic (exact) mass is 255 g/mol. The van der Waals surface area contributed by atoms with Crippen molar-refractivity contribution in [2.45, 2.75) is 43.5 Å². The van der Waals surface area contributed by atoms with Gasteiger partial charge in [-0.1, -0.05) is 11.8 Å². The summed E-state index contributed by atoms with van der Waals surface area (Å²) in [6, 6.07) is 0.257. The van der Waals surface area contributed by atoms with Crippen LogP contribution in [-0.2, 0) is 4.79 Å². The van der Waals surface area contributed by atoms with Gasteiger partial charge in [0.1, 0.15) is 6.26 Å². The molecule has 1 atom stereocenters. The normalized spacial score (nSPS) is 17.0. The third kappa shape index (κ3) is 4.05. The molecule has 5 nitrogen and oxygen atoms in total. The number of oxazole rings is 1. The molecule has 0 aliphatic heterocycles. The highest BCUT2D eigenvalue weighted by Crippen LogP contribution is 2.22. The number of carbonyl (C=O) groups excluding carboxylic acids is 1. The van der Waals surface area contributed by atoms with E-state index in [-0.39, 0.29) is 11.9 Å². The molecule has 0 spiro atoms. The van der Waals surface area contributed by atoms with Gasteiger partial charge in [-0.25, -0.2) is 4.98 Å². The van der Waals surface area contributed by atoms with Crippen molar-refractivity contribution in [3.8, 4) is 0 Å². The summed E-state index contributed by atoms with van der Waals surface area (Å²) >= 11 is 1.51. The van der Waals surface area contributed by atoms with Gasteiger partial charge in [-0.3, -0.25) is 4.79 Å². The molecule has 2 rings (SSSR count). The molecule has 1 saturated carbocycles. The van der Waals surface area contributed by atoms with Crippen LogP contribution in [0.25, 0.3) is 0 Å². The Bertz CT molecular complexity index is 390. The maximum absolute atomic E-state index is 11.2. The van der Waals surface area contributed by atoms with Gasteiger partial charge in [-0.15, -0.1) is 0 Å². The van der Waals surface area contributed by atoms with Gasteiger partial charge in [0.25, 0.3) is 5.22 Å². The van der Waals surface area contributed by atoms with Crippen LogP contribution in [0.4, 0.5) is 0 Å². The Kier molecular flexibility index (Phi) is 4.06. The van der Waals surface area contributed by atoms with Gasteiger partial charge >= 0.3 is 0 Å². The van der Waals surface area contributed by atoms with E-state index < -0.39 is 0 Å². The molecule has 1 aromatic rings. The summed E-state index contributed by atoms with van der Waals surface area (Å²) in [5.41, 5.74) is 6.22. The summed E-state index contributed by atoms with van der Waals surface area (Å²) in [5.74, 6) is 0.494. The quantitative estimate of drug-likeness (QED) is 0.712. The predicted molar refractivity (Wildman–Crippen MR) is 65.7 cm³/mol. The number of aryl methyl sites for hydroxylation is 1. The first-order valence-electron chi connectivity index (χ1n) is 5.75. The Morgan fingerprint density at radius 2 is 2.53 bits per heavy atom. The number of nitrogens with zero attached hydrogens (tertiary/aromatic N) is 1. The van der Waals surface area contributed by atoms with Crippen molar-refractivity contribution >= 4 is 17.7 Å². The van der Waals surface area contributed by atoms with E-state index in [0.717, 1.165) is 24.3 Å². The average Bonchev–Trinajstić information content (AvgIpc) is 3.00. The third-order valence-corrected chi connectivity index (χ3v) is 3.46. The van der Waals surface area contributed by atoms with Crippen LogP contribution in [0.2, 0.25) is 0 Å². The lowest BCUT2D eigenvalue weighted by molar-refractivity contribution is -0.120. The summed E-state index contributed by atoms with van der Waals surface area (Å²) < 4.78 is 5.22. The van der Waals surface area contributed by atoms with Crippen molar-refractivity contribution < 1.29 is 9.21 Å². The Balaban J connectivity index is 1.72. The standard InChI is InChI=1S/C11H17N3O2S/c1-7-6-16-11(13-7)17-5-4-9(10(12)15)14-8-2-3-8/h6,8-9,14H,2-5H2,1H3,(H2,12,15). The molecule has 1 amide bonds. The van der Waals surface area contributed by atoms with Crippen LogP contribution < -0.4 is 11.1 Å². The van der Waals surface area contributed by atoms with Crippen LogP contribution in [0.1, 0.15) is 25.0 Å². The summed E-state index contributed by atoms with van der Waals surface area (Å²) in [7, 11) is 0. The number of hydrogen-bond donors (Lipinski definition) is 2. The van der Waals surface area contributed by atoms with Gasteiger partial charge in [0.2, 0.25) is 5.91 Å². The van der Waals surface area contributed by atoms with Crippen LogP contribution in [-0.4, -0.2) is 28.7 Å². The van der Waals surface area contributed by atoms with E-state index >= 15 is 0 Å². The number of nitrogens with one attached hydrogen (secondary N) is 1. The summed E-state index contributed by atoms with van der Waals surface area (Å²) in [6.45, 7) is 1.88. The molecule has 1 aliphatic rings. The first kappa shape index (κ1) is 12.4. The minimum atomic E-state index is -0.277. The molecule has 17 heavy (non-hydrogen) atoms. The lowest BCUT2D eigenvalue weighted by atomic mass is 10.2. The molecule has 0 bridgehead atoms. The fourth-order valence-electron chi connectivity index (χ4n) is 1.51. The predicted octanol–water partition coefficient (Wildman–Crippen LogP) is 1.07. The number of rotatable bonds is 7. The number of hydrogen-bond acceptors (Lipinski definition) is 5. The van der Waals surface area contributed by atoms with E-state index in [1.165, 1.54) is 11.8 Å². The summed E-state index contributed by atoms with van der Waals surface area (Å²) in [4.78, 5) is 15.4. The third-order valence-electron chi connectivity index (χ3n) is 2.59. The van der Waals surface area contributed by atoms with Gasteiger partial charge in [-0.05, 0) is 26.2 Å².